The second-order valence-corrected chi connectivity index (χ2v) is 12.6. The highest BCUT2D eigenvalue weighted by atomic mass is 32.2. The van der Waals surface area contributed by atoms with E-state index in [0.717, 1.165) is 36.6 Å². The van der Waals surface area contributed by atoms with Crippen LogP contribution < -0.4 is 0 Å². The largest absolute Gasteiger partial charge is 0.443 e. The number of para-hydroxylation sites is 1. The molecule has 4 rings (SSSR count). The minimum absolute atomic E-state index is 0.0594. The van der Waals surface area contributed by atoms with Crippen LogP contribution in [0.1, 0.15) is 52.0 Å². The number of hydrogen-bond donors (Lipinski definition) is 0. The molecule has 1 aliphatic heterocycles. The van der Waals surface area contributed by atoms with Crippen LogP contribution >= 0.6 is 0 Å². The van der Waals surface area contributed by atoms with Crippen molar-refractivity contribution in [2.24, 2.45) is 0 Å². The number of fused-ring (bicyclic) bond motifs is 1. The van der Waals surface area contributed by atoms with Gasteiger partial charge in [0.2, 0.25) is 10.0 Å². The van der Waals surface area contributed by atoms with Gasteiger partial charge in [0.05, 0.1) is 31.0 Å². The number of aromatic nitrogens is 1. The van der Waals surface area contributed by atoms with Crippen LogP contribution in [0, 0.1) is 0 Å². The molecule has 1 unspecified atom stereocenters. The molecule has 0 radical (unpaired) electrons. The van der Waals surface area contributed by atoms with Crippen LogP contribution in [0.5, 0.6) is 0 Å². The average molecular weight is 550 g/mol. The Morgan fingerprint density at radius 3 is 2.63 bits per heavy atom. The van der Waals surface area contributed by atoms with Gasteiger partial charge in [0.15, 0.2) is 6.10 Å². The highest BCUT2D eigenvalue weighted by molar-refractivity contribution is 7.90. The lowest BCUT2D eigenvalue weighted by Crippen LogP contribution is -2.53. The molecule has 1 aliphatic carbocycles. The molecule has 1 saturated heterocycles. The number of amides is 2. The third kappa shape index (κ3) is 6.50. The summed E-state index contributed by atoms with van der Waals surface area (Å²) in [5.41, 5.74) is 0.733. The van der Waals surface area contributed by atoms with Gasteiger partial charge >= 0.3 is 6.09 Å². The van der Waals surface area contributed by atoms with E-state index in [9.17, 15) is 18.0 Å². The van der Waals surface area contributed by atoms with E-state index < -0.39 is 27.8 Å². The Balaban J connectivity index is 1.53. The molecule has 1 atom stereocenters. The first-order valence-electron chi connectivity index (χ1n) is 13.3. The predicted molar refractivity (Wildman–Crippen MR) is 143 cm³/mol. The van der Waals surface area contributed by atoms with Crippen molar-refractivity contribution in [2.45, 2.75) is 70.7 Å². The fraction of sp³-hybridized carbons (Fsp3) is 0.630. The molecule has 2 aromatic rings. The van der Waals surface area contributed by atoms with Crippen molar-refractivity contribution in [2.75, 3.05) is 39.2 Å². The summed E-state index contributed by atoms with van der Waals surface area (Å²) < 4.78 is 43.8. The third-order valence-electron chi connectivity index (χ3n) is 7.03. The van der Waals surface area contributed by atoms with Crippen LogP contribution in [0.25, 0.3) is 10.9 Å². The molecule has 10 nitrogen and oxygen atoms in total. The SMILES string of the molecule is CCCC(C)(C)OC(=O)N1CCOC(C(=O)N(Cc2cn(S(=O)(=O)CCOC)c3ccccc23)C2CC2)C1. The summed E-state index contributed by atoms with van der Waals surface area (Å²) >= 11 is 0. The molecule has 38 heavy (non-hydrogen) atoms. The van der Waals surface area contributed by atoms with Crippen molar-refractivity contribution in [3.8, 4) is 0 Å². The Hall–Kier alpha value is -2.63. The van der Waals surface area contributed by atoms with E-state index >= 15 is 0 Å². The molecule has 0 bridgehead atoms. The summed E-state index contributed by atoms with van der Waals surface area (Å²) in [6.07, 6.45) is 3.76. The monoisotopic (exact) mass is 549 g/mol. The van der Waals surface area contributed by atoms with Crippen molar-refractivity contribution in [3.63, 3.8) is 0 Å². The second kappa shape index (κ2) is 11.6. The van der Waals surface area contributed by atoms with Gasteiger partial charge in [0.1, 0.15) is 5.60 Å². The summed E-state index contributed by atoms with van der Waals surface area (Å²) in [5, 5.41) is 0.778. The van der Waals surface area contributed by atoms with Gasteiger partial charge in [-0.1, -0.05) is 31.5 Å². The van der Waals surface area contributed by atoms with Gasteiger partial charge in [-0.2, -0.15) is 0 Å². The smallest absolute Gasteiger partial charge is 0.410 e. The van der Waals surface area contributed by atoms with Crippen molar-refractivity contribution in [1.29, 1.82) is 0 Å². The Morgan fingerprint density at radius 2 is 1.95 bits per heavy atom. The molecule has 0 N–H and O–H groups in total. The molecular formula is C27H39N3O7S. The number of carbonyl (C=O) groups excluding carboxylic acids is 2. The standard InChI is InChI=1S/C27H39N3O7S/c1-5-12-27(2,3)37-26(32)28-13-14-36-24(19-28)25(31)29(21-10-11-21)17-20-18-30(38(33,34)16-15-35-4)23-9-7-6-8-22(20)23/h6-9,18,21,24H,5,10-17,19H2,1-4H3. The first-order chi connectivity index (χ1) is 18.1. The van der Waals surface area contributed by atoms with E-state index in [-0.39, 0.29) is 44.0 Å². The normalized spacial score (nSPS) is 18.5. The maximum absolute atomic E-state index is 13.7. The molecule has 2 aliphatic rings. The molecule has 2 amide bonds. The van der Waals surface area contributed by atoms with Crippen LogP contribution in [0.3, 0.4) is 0 Å². The van der Waals surface area contributed by atoms with Crippen LogP contribution in [-0.4, -0.2) is 91.1 Å². The predicted octanol–water partition coefficient (Wildman–Crippen LogP) is 3.37. The summed E-state index contributed by atoms with van der Waals surface area (Å²) in [6.45, 7) is 6.89. The van der Waals surface area contributed by atoms with Crippen molar-refractivity contribution in [3.05, 3.63) is 36.0 Å². The zero-order valence-corrected chi connectivity index (χ0v) is 23.5. The second-order valence-electron chi connectivity index (χ2n) is 10.7. The molecular weight excluding hydrogens is 510 g/mol. The van der Waals surface area contributed by atoms with E-state index in [4.69, 9.17) is 14.2 Å². The van der Waals surface area contributed by atoms with E-state index in [0.29, 0.717) is 12.1 Å². The number of ether oxygens (including phenoxy) is 3. The Bertz CT molecular complexity index is 1250. The average Bonchev–Trinajstić information content (AvgIpc) is 3.66. The fourth-order valence-corrected chi connectivity index (χ4v) is 6.24. The molecule has 2 fully saturated rings. The van der Waals surface area contributed by atoms with Gasteiger partial charge < -0.3 is 24.0 Å². The lowest BCUT2D eigenvalue weighted by Gasteiger charge is -2.36. The number of rotatable bonds is 11. The molecule has 1 aromatic heterocycles. The van der Waals surface area contributed by atoms with Gasteiger partial charge in [-0.05, 0) is 44.7 Å². The van der Waals surface area contributed by atoms with E-state index in [1.54, 1.807) is 28.1 Å². The number of morpholine rings is 1. The van der Waals surface area contributed by atoms with Crippen molar-refractivity contribution < 1.29 is 32.2 Å². The lowest BCUT2D eigenvalue weighted by atomic mass is 10.0. The highest BCUT2D eigenvalue weighted by Crippen LogP contribution is 2.32. The Kier molecular flexibility index (Phi) is 8.68. The number of methoxy groups -OCH3 is 1. The van der Waals surface area contributed by atoms with Gasteiger partial charge in [0.25, 0.3) is 5.91 Å². The summed E-state index contributed by atoms with van der Waals surface area (Å²) in [4.78, 5) is 29.9. The zero-order chi connectivity index (χ0) is 27.5. The zero-order valence-electron chi connectivity index (χ0n) is 22.7. The van der Waals surface area contributed by atoms with Crippen LogP contribution in [0.2, 0.25) is 0 Å². The van der Waals surface area contributed by atoms with Crippen molar-refractivity contribution >= 4 is 32.9 Å². The maximum atomic E-state index is 13.7. The highest BCUT2D eigenvalue weighted by Gasteiger charge is 2.40. The fourth-order valence-electron chi connectivity index (χ4n) is 4.92. The van der Waals surface area contributed by atoms with Crippen molar-refractivity contribution in [1.82, 2.24) is 13.8 Å². The Labute approximate surface area is 224 Å². The third-order valence-corrected chi connectivity index (χ3v) is 8.62. The van der Waals surface area contributed by atoms with E-state index in [1.807, 2.05) is 32.9 Å². The molecule has 2 heterocycles. The number of nitrogens with zero attached hydrogens (tertiary/aromatic N) is 3. The first kappa shape index (κ1) is 28.4. The summed E-state index contributed by atoms with van der Waals surface area (Å²) in [5.74, 6) is -0.346. The molecule has 1 saturated carbocycles. The minimum Gasteiger partial charge on any atom is -0.443 e. The minimum atomic E-state index is -3.64. The molecule has 11 heteroatoms. The topological polar surface area (TPSA) is 107 Å². The quantitative estimate of drug-likeness (QED) is 0.423. The van der Waals surface area contributed by atoms with Crippen LogP contribution in [-0.2, 0) is 35.6 Å². The first-order valence-corrected chi connectivity index (χ1v) is 14.9. The summed E-state index contributed by atoms with van der Waals surface area (Å²) in [6, 6.07) is 7.35. The number of carbonyl (C=O) groups is 2. The number of hydrogen-bond acceptors (Lipinski definition) is 7. The van der Waals surface area contributed by atoms with Crippen LogP contribution in [0.15, 0.2) is 30.5 Å². The summed E-state index contributed by atoms with van der Waals surface area (Å²) in [7, 11) is -2.17. The maximum Gasteiger partial charge on any atom is 0.410 e. The van der Waals surface area contributed by atoms with Gasteiger partial charge in [0, 0.05) is 37.8 Å². The van der Waals surface area contributed by atoms with Crippen LogP contribution in [0.4, 0.5) is 4.79 Å². The lowest BCUT2D eigenvalue weighted by molar-refractivity contribution is -0.150. The van der Waals surface area contributed by atoms with Gasteiger partial charge in [-0.15, -0.1) is 0 Å². The van der Waals surface area contributed by atoms with E-state index in [1.165, 1.54) is 11.1 Å². The molecule has 1 aromatic carbocycles. The molecule has 210 valence electrons. The number of benzene rings is 1. The van der Waals surface area contributed by atoms with Gasteiger partial charge in [-0.3, -0.25) is 4.79 Å². The molecule has 0 spiro atoms. The van der Waals surface area contributed by atoms with Gasteiger partial charge in [-0.25, -0.2) is 17.2 Å². The van der Waals surface area contributed by atoms with E-state index in [2.05, 4.69) is 0 Å². The Morgan fingerprint density at radius 1 is 1.21 bits per heavy atom.